The van der Waals surface area contributed by atoms with Crippen LogP contribution in [0.5, 0.6) is 0 Å². The Labute approximate surface area is 105 Å². The van der Waals surface area contributed by atoms with Crippen LogP contribution < -0.4 is 10.6 Å². The SMILES string of the molecule is NC1CCN(c2cc3cc(Cl)ccc3o2)CC1. The molecule has 1 aliphatic heterocycles. The highest BCUT2D eigenvalue weighted by atomic mass is 35.5. The summed E-state index contributed by atoms with van der Waals surface area (Å²) in [6.45, 7) is 1.93. The number of hydrogen-bond donors (Lipinski definition) is 1. The van der Waals surface area contributed by atoms with Gasteiger partial charge in [-0.3, -0.25) is 0 Å². The van der Waals surface area contributed by atoms with Gasteiger partial charge in [0.25, 0.3) is 0 Å². The molecule has 0 atom stereocenters. The number of furan rings is 1. The maximum Gasteiger partial charge on any atom is 0.196 e. The van der Waals surface area contributed by atoms with Crippen molar-refractivity contribution in [3.63, 3.8) is 0 Å². The Bertz CT molecular complexity index is 529. The largest absolute Gasteiger partial charge is 0.441 e. The van der Waals surface area contributed by atoms with Gasteiger partial charge in [-0.25, -0.2) is 0 Å². The molecule has 4 heteroatoms. The summed E-state index contributed by atoms with van der Waals surface area (Å²) in [5.41, 5.74) is 6.78. The van der Waals surface area contributed by atoms with Gasteiger partial charge in [-0.15, -0.1) is 0 Å². The lowest BCUT2D eigenvalue weighted by atomic mass is 10.1. The lowest BCUT2D eigenvalue weighted by Gasteiger charge is -2.29. The fourth-order valence-electron chi connectivity index (χ4n) is 2.28. The van der Waals surface area contributed by atoms with Crippen molar-refractivity contribution in [2.24, 2.45) is 5.73 Å². The average Bonchev–Trinajstić information content (AvgIpc) is 2.72. The number of benzene rings is 1. The molecule has 0 unspecified atom stereocenters. The van der Waals surface area contributed by atoms with Crippen LogP contribution in [0.2, 0.25) is 5.02 Å². The quantitative estimate of drug-likeness (QED) is 0.846. The van der Waals surface area contributed by atoms with Crippen molar-refractivity contribution in [3.8, 4) is 0 Å². The van der Waals surface area contributed by atoms with Gasteiger partial charge < -0.3 is 15.1 Å². The minimum atomic E-state index is 0.338. The Balaban J connectivity index is 1.90. The molecule has 3 nitrogen and oxygen atoms in total. The molecule has 1 aromatic carbocycles. The summed E-state index contributed by atoms with van der Waals surface area (Å²) in [5, 5.41) is 1.80. The first kappa shape index (κ1) is 10.9. The smallest absolute Gasteiger partial charge is 0.196 e. The number of fused-ring (bicyclic) bond motifs is 1. The Kier molecular flexibility index (Phi) is 2.73. The normalized spacial score (nSPS) is 17.9. The third kappa shape index (κ3) is 2.13. The summed E-state index contributed by atoms with van der Waals surface area (Å²) in [4.78, 5) is 2.25. The Hall–Kier alpha value is -1.19. The van der Waals surface area contributed by atoms with Gasteiger partial charge in [0.15, 0.2) is 5.88 Å². The molecule has 90 valence electrons. The summed E-state index contributed by atoms with van der Waals surface area (Å²) in [5.74, 6) is 0.925. The van der Waals surface area contributed by atoms with Crippen LogP contribution in [-0.2, 0) is 0 Å². The first-order chi connectivity index (χ1) is 8.22. The number of anilines is 1. The van der Waals surface area contributed by atoms with Gasteiger partial charge in [0.1, 0.15) is 5.58 Å². The van der Waals surface area contributed by atoms with Gasteiger partial charge in [0.05, 0.1) is 0 Å². The third-order valence-electron chi connectivity index (χ3n) is 3.32. The Morgan fingerprint density at radius 3 is 2.76 bits per heavy atom. The predicted octanol–water partition coefficient (Wildman–Crippen LogP) is 3.01. The van der Waals surface area contributed by atoms with Crippen LogP contribution in [0.25, 0.3) is 11.0 Å². The molecule has 3 rings (SSSR count). The summed E-state index contributed by atoms with van der Waals surface area (Å²) in [7, 11) is 0. The molecule has 2 heterocycles. The van der Waals surface area contributed by atoms with Crippen LogP contribution >= 0.6 is 11.6 Å². The lowest BCUT2D eigenvalue weighted by molar-refractivity contribution is 0.472. The van der Waals surface area contributed by atoms with E-state index in [1.54, 1.807) is 0 Å². The molecule has 1 aliphatic rings. The highest BCUT2D eigenvalue weighted by molar-refractivity contribution is 6.31. The number of nitrogens with zero attached hydrogens (tertiary/aromatic N) is 1. The maximum absolute atomic E-state index is 5.96. The van der Waals surface area contributed by atoms with E-state index in [-0.39, 0.29) is 0 Å². The number of piperidine rings is 1. The van der Waals surface area contributed by atoms with E-state index < -0.39 is 0 Å². The fourth-order valence-corrected chi connectivity index (χ4v) is 2.46. The second kappa shape index (κ2) is 4.24. The van der Waals surface area contributed by atoms with E-state index >= 15 is 0 Å². The van der Waals surface area contributed by atoms with Crippen LogP contribution in [-0.4, -0.2) is 19.1 Å². The minimum Gasteiger partial charge on any atom is -0.441 e. The first-order valence-electron chi connectivity index (χ1n) is 5.92. The van der Waals surface area contributed by atoms with Crippen LogP contribution in [0.1, 0.15) is 12.8 Å². The van der Waals surface area contributed by atoms with Crippen LogP contribution in [0, 0.1) is 0 Å². The van der Waals surface area contributed by atoms with Crippen molar-refractivity contribution in [1.29, 1.82) is 0 Å². The molecule has 0 spiro atoms. The monoisotopic (exact) mass is 250 g/mol. The molecule has 1 aromatic heterocycles. The summed E-state index contributed by atoms with van der Waals surface area (Å²) >= 11 is 5.96. The second-order valence-corrected chi connectivity index (χ2v) is 5.03. The van der Waals surface area contributed by atoms with E-state index in [9.17, 15) is 0 Å². The molecule has 0 bridgehead atoms. The van der Waals surface area contributed by atoms with Crippen LogP contribution in [0.3, 0.4) is 0 Å². The van der Waals surface area contributed by atoms with E-state index in [4.69, 9.17) is 21.8 Å². The van der Waals surface area contributed by atoms with E-state index in [1.807, 2.05) is 18.2 Å². The molecule has 1 saturated heterocycles. The third-order valence-corrected chi connectivity index (χ3v) is 3.55. The maximum atomic E-state index is 5.96. The van der Waals surface area contributed by atoms with E-state index in [1.165, 1.54) is 0 Å². The minimum absolute atomic E-state index is 0.338. The zero-order chi connectivity index (χ0) is 11.8. The molecule has 0 amide bonds. The van der Waals surface area contributed by atoms with Gasteiger partial charge in [-0.05, 0) is 31.0 Å². The molecule has 17 heavy (non-hydrogen) atoms. The summed E-state index contributed by atoms with van der Waals surface area (Å²) in [6.07, 6.45) is 2.05. The number of rotatable bonds is 1. The molecule has 0 radical (unpaired) electrons. The second-order valence-electron chi connectivity index (χ2n) is 4.59. The van der Waals surface area contributed by atoms with Crippen molar-refractivity contribution in [1.82, 2.24) is 0 Å². The fraction of sp³-hybridized carbons (Fsp3) is 0.385. The van der Waals surface area contributed by atoms with E-state index in [2.05, 4.69) is 11.0 Å². The molecule has 0 aliphatic carbocycles. The van der Waals surface area contributed by atoms with Crippen LogP contribution in [0.4, 0.5) is 5.88 Å². The van der Waals surface area contributed by atoms with Gasteiger partial charge in [-0.1, -0.05) is 11.6 Å². The molecule has 1 fully saturated rings. The number of halogens is 1. The van der Waals surface area contributed by atoms with Crippen molar-refractivity contribution in [2.75, 3.05) is 18.0 Å². The number of hydrogen-bond acceptors (Lipinski definition) is 3. The summed E-state index contributed by atoms with van der Waals surface area (Å²) < 4.78 is 5.82. The lowest BCUT2D eigenvalue weighted by Crippen LogP contribution is -2.39. The van der Waals surface area contributed by atoms with Gasteiger partial charge in [0.2, 0.25) is 0 Å². The molecular weight excluding hydrogens is 236 g/mol. The molecule has 0 saturated carbocycles. The standard InChI is InChI=1S/C13H15ClN2O/c14-10-1-2-12-9(7-10)8-13(17-12)16-5-3-11(15)4-6-16/h1-2,7-8,11H,3-6,15H2. The Morgan fingerprint density at radius 1 is 1.24 bits per heavy atom. The zero-order valence-electron chi connectivity index (χ0n) is 9.53. The van der Waals surface area contributed by atoms with Gasteiger partial charge in [-0.2, -0.15) is 0 Å². The molecule has 2 aromatic rings. The average molecular weight is 251 g/mol. The molecular formula is C13H15ClN2O. The van der Waals surface area contributed by atoms with Crippen LogP contribution in [0.15, 0.2) is 28.7 Å². The predicted molar refractivity (Wildman–Crippen MR) is 70.6 cm³/mol. The van der Waals surface area contributed by atoms with Crippen molar-refractivity contribution in [3.05, 3.63) is 29.3 Å². The topological polar surface area (TPSA) is 42.4 Å². The van der Waals surface area contributed by atoms with E-state index in [0.717, 1.165) is 47.8 Å². The zero-order valence-corrected chi connectivity index (χ0v) is 10.3. The van der Waals surface area contributed by atoms with Gasteiger partial charge >= 0.3 is 0 Å². The number of nitrogens with two attached hydrogens (primary N) is 1. The van der Waals surface area contributed by atoms with Crippen molar-refractivity contribution < 1.29 is 4.42 Å². The summed E-state index contributed by atoms with van der Waals surface area (Å²) in [6, 6.07) is 8.09. The van der Waals surface area contributed by atoms with Crippen molar-refractivity contribution in [2.45, 2.75) is 18.9 Å². The highest BCUT2D eigenvalue weighted by Gasteiger charge is 2.19. The Morgan fingerprint density at radius 2 is 2.00 bits per heavy atom. The van der Waals surface area contributed by atoms with E-state index in [0.29, 0.717) is 6.04 Å². The van der Waals surface area contributed by atoms with Gasteiger partial charge in [0, 0.05) is 35.6 Å². The molecule has 2 N–H and O–H groups in total. The first-order valence-corrected chi connectivity index (χ1v) is 6.30. The highest BCUT2D eigenvalue weighted by Crippen LogP contribution is 2.29. The van der Waals surface area contributed by atoms with Crippen molar-refractivity contribution >= 4 is 28.5 Å².